The molecule has 0 spiro atoms. The molecule has 17 heavy (non-hydrogen) atoms. The van der Waals surface area contributed by atoms with Crippen LogP contribution in [0.1, 0.15) is 39.0 Å². The Labute approximate surface area is 104 Å². The van der Waals surface area contributed by atoms with Crippen LogP contribution in [0.5, 0.6) is 0 Å². The Kier molecular flexibility index (Phi) is 6.30. The minimum Gasteiger partial charge on any atom is -0.427 e. The molecule has 1 fully saturated rings. The molecule has 0 aromatic carbocycles. The maximum atomic E-state index is 7.79. The van der Waals surface area contributed by atoms with Gasteiger partial charge in [-0.2, -0.15) is 0 Å². The third kappa shape index (κ3) is 4.52. The van der Waals surface area contributed by atoms with Gasteiger partial charge in [0, 0.05) is 11.6 Å². The summed E-state index contributed by atoms with van der Waals surface area (Å²) in [6, 6.07) is 0. The van der Waals surface area contributed by atoms with E-state index in [-0.39, 0.29) is 18.8 Å². The van der Waals surface area contributed by atoms with Crippen molar-refractivity contribution in [3.05, 3.63) is 11.8 Å². The zero-order valence-electron chi connectivity index (χ0n) is 10.4. The average molecular weight is 236 g/mol. The monoisotopic (exact) mass is 236 g/mol. The van der Waals surface area contributed by atoms with Crippen molar-refractivity contribution in [3.63, 3.8) is 0 Å². The van der Waals surface area contributed by atoms with Crippen LogP contribution in [-0.4, -0.2) is 26.7 Å². The van der Waals surface area contributed by atoms with Gasteiger partial charge in [-0.05, 0) is 50.8 Å². The molecule has 1 saturated carbocycles. The van der Waals surface area contributed by atoms with E-state index in [4.69, 9.17) is 23.9 Å². The summed E-state index contributed by atoms with van der Waals surface area (Å²) >= 11 is 0. The minimum absolute atomic E-state index is 0.138. The molecule has 1 aliphatic carbocycles. The SMILES string of the molecule is [B]OCOC1CCCC(C(C)=N)/C(=C\N)CC1. The fourth-order valence-electron chi connectivity index (χ4n) is 2.38. The van der Waals surface area contributed by atoms with Gasteiger partial charge in [-0.1, -0.05) is 0 Å². The van der Waals surface area contributed by atoms with Gasteiger partial charge in [-0.3, -0.25) is 0 Å². The van der Waals surface area contributed by atoms with Crippen molar-refractivity contribution in [3.8, 4) is 0 Å². The highest BCUT2D eigenvalue weighted by Gasteiger charge is 2.22. The zero-order valence-corrected chi connectivity index (χ0v) is 10.4. The molecule has 0 aromatic rings. The lowest BCUT2D eigenvalue weighted by Gasteiger charge is -2.26. The molecule has 1 aliphatic rings. The van der Waals surface area contributed by atoms with Crippen LogP contribution in [0.3, 0.4) is 0 Å². The predicted molar refractivity (Wildman–Crippen MR) is 68.8 cm³/mol. The Bertz CT molecular complexity index is 282. The molecular formula is C12H21BN2O2. The van der Waals surface area contributed by atoms with E-state index in [1.165, 1.54) is 0 Å². The second-order valence-corrected chi connectivity index (χ2v) is 4.52. The molecular weight excluding hydrogens is 215 g/mol. The Morgan fingerprint density at radius 3 is 2.88 bits per heavy atom. The summed E-state index contributed by atoms with van der Waals surface area (Å²) in [5.41, 5.74) is 7.51. The van der Waals surface area contributed by atoms with Crippen LogP contribution in [0, 0.1) is 11.3 Å². The van der Waals surface area contributed by atoms with Crippen LogP contribution < -0.4 is 5.73 Å². The lowest BCUT2D eigenvalue weighted by molar-refractivity contribution is -0.0413. The number of nitrogens with one attached hydrogen (secondary N) is 1. The van der Waals surface area contributed by atoms with Crippen molar-refractivity contribution in [2.75, 3.05) is 6.79 Å². The molecule has 0 heterocycles. The molecule has 0 aromatic heterocycles. The summed E-state index contributed by atoms with van der Waals surface area (Å²) in [4.78, 5) is 0. The highest BCUT2D eigenvalue weighted by Crippen LogP contribution is 2.28. The average Bonchev–Trinajstić information content (AvgIpc) is 2.28. The van der Waals surface area contributed by atoms with E-state index in [0.717, 1.165) is 37.7 Å². The van der Waals surface area contributed by atoms with Gasteiger partial charge in [0.1, 0.15) is 6.79 Å². The van der Waals surface area contributed by atoms with Gasteiger partial charge in [0.05, 0.1) is 6.10 Å². The molecule has 3 N–H and O–H groups in total. The van der Waals surface area contributed by atoms with E-state index >= 15 is 0 Å². The van der Waals surface area contributed by atoms with Crippen LogP contribution in [-0.2, 0) is 9.39 Å². The minimum atomic E-state index is 0.138. The first-order chi connectivity index (χ1) is 8.19. The molecule has 0 bridgehead atoms. The van der Waals surface area contributed by atoms with Crippen molar-refractivity contribution in [1.29, 1.82) is 5.41 Å². The molecule has 5 heteroatoms. The number of ether oxygens (including phenoxy) is 1. The van der Waals surface area contributed by atoms with Gasteiger partial charge < -0.3 is 20.5 Å². The summed E-state index contributed by atoms with van der Waals surface area (Å²) < 4.78 is 9.92. The fourth-order valence-corrected chi connectivity index (χ4v) is 2.38. The quantitative estimate of drug-likeness (QED) is 0.445. The summed E-state index contributed by atoms with van der Waals surface area (Å²) in [5.74, 6) is 0.215. The fraction of sp³-hybridized carbons (Fsp3) is 0.750. The Morgan fingerprint density at radius 2 is 2.29 bits per heavy atom. The number of nitrogens with two attached hydrogens (primary N) is 1. The van der Waals surface area contributed by atoms with E-state index < -0.39 is 0 Å². The number of hydrogen-bond acceptors (Lipinski definition) is 4. The molecule has 94 valence electrons. The molecule has 1 rings (SSSR count). The van der Waals surface area contributed by atoms with Crippen LogP contribution in [0.15, 0.2) is 11.8 Å². The molecule has 0 amide bonds. The van der Waals surface area contributed by atoms with Crippen molar-refractivity contribution < 1.29 is 9.39 Å². The number of hydrogen-bond donors (Lipinski definition) is 2. The second kappa shape index (κ2) is 7.51. The summed E-state index contributed by atoms with van der Waals surface area (Å²) in [6.07, 6.45) is 6.63. The zero-order chi connectivity index (χ0) is 12.7. The largest absolute Gasteiger partial charge is 0.427 e. The van der Waals surface area contributed by atoms with Crippen LogP contribution in [0.4, 0.5) is 0 Å². The molecule has 0 aliphatic heterocycles. The molecule has 2 radical (unpaired) electrons. The van der Waals surface area contributed by atoms with Crippen LogP contribution in [0.2, 0.25) is 0 Å². The van der Waals surface area contributed by atoms with Gasteiger partial charge in [0.15, 0.2) is 0 Å². The van der Waals surface area contributed by atoms with Crippen molar-refractivity contribution in [1.82, 2.24) is 0 Å². The van der Waals surface area contributed by atoms with E-state index in [2.05, 4.69) is 4.65 Å². The van der Waals surface area contributed by atoms with Crippen molar-refractivity contribution in [2.24, 2.45) is 11.7 Å². The smallest absolute Gasteiger partial charge is 0.285 e. The predicted octanol–water partition coefficient (Wildman–Crippen LogP) is 1.89. The highest BCUT2D eigenvalue weighted by molar-refractivity contribution is 5.97. The number of rotatable bonds is 4. The maximum absolute atomic E-state index is 7.79. The normalized spacial score (nSPS) is 28.6. The van der Waals surface area contributed by atoms with Crippen LogP contribution >= 0.6 is 0 Å². The first-order valence-corrected chi connectivity index (χ1v) is 6.08. The van der Waals surface area contributed by atoms with Crippen molar-refractivity contribution in [2.45, 2.75) is 45.1 Å². The van der Waals surface area contributed by atoms with E-state index in [0.29, 0.717) is 5.71 Å². The molecule has 2 atom stereocenters. The van der Waals surface area contributed by atoms with Crippen LogP contribution in [0.25, 0.3) is 0 Å². The standard InChI is InChI=1S/C12H21BN2O2/c1-9(15)12-4-2-3-11(16-8-17-13)6-5-10(12)7-14/h7,11-12,15H,2-6,8,14H2,1H3/b10-7-,15-9?. The third-order valence-corrected chi connectivity index (χ3v) is 3.33. The molecule has 4 nitrogen and oxygen atoms in total. The second-order valence-electron chi connectivity index (χ2n) is 4.52. The van der Waals surface area contributed by atoms with E-state index in [1.54, 1.807) is 6.20 Å². The van der Waals surface area contributed by atoms with E-state index in [9.17, 15) is 0 Å². The summed E-state index contributed by atoms with van der Waals surface area (Å²) in [7, 11) is 4.95. The first kappa shape index (κ1) is 14.3. The Hall–Kier alpha value is -0.805. The number of allylic oxidation sites excluding steroid dienone is 1. The lowest BCUT2D eigenvalue weighted by atomic mass is 9.83. The lowest BCUT2D eigenvalue weighted by Crippen LogP contribution is -2.22. The van der Waals surface area contributed by atoms with Gasteiger partial charge in [-0.15, -0.1) is 0 Å². The molecule has 0 saturated heterocycles. The van der Waals surface area contributed by atoms with Gasteiger partial charge >= 0.3 is 0 Å². The highest BCUT2D eigenvalue weighted by atomic mass is 16.6. The summed E-state index contributed by atoms with van der Waals surface area (Å²) in [5, 5.41) is 7.79. The Balaban J connectivity index is 2.55. The van der Waals surface area contributed by atoms with Crippen molar-refractivity contribution >= 4 is 13.8 Å². The van der Waals surface area contributed by atoms with E-state index in [1.807, 2.05) is 6.92 Å². The summed E-state index contributed by atoms with van der Waals surface area (Å²) in [6.45, 7) is 1.99. The molecule has 2 unspecified atom stereocenters. The Morgan fingerprint density at radius 1 is 1.53 bits per heavy atom. The first-order valence-electron chi connectivity index (χ1n) is 6.08. The van der Waals surface area contributed by atoms with Gasteiger partial charge in [0.2, 0.25) is 0 Å². The van der Waals surface area contributed by atoms with Gasteiger partial charge in [0.25, 0.3) is 8.05 Å². The maximum Gasteiger partial charge on any atom is 0.285 e. The topological polar surface area (TPSA) is 68.3 Å². The van der Waals surface area contributed by atoms with Gasteiger partial charge in [-0.25, -0.2) is 0 Å². The third-order valence-electron chi connectivity index (χ3n) is 3.33.